The zero-order valence-electron chi connectivity index (χ0n) is 9.05. The molecule has 1 aliphatic rings. The molecule has 0 spiro atoms. The van der Waals surface area contributed by atoms with Crippen molar-refractivity contribution in [1.29, 1.82) is 0 Å². The summed E-state index contributed by atoms with van der Waals surface area (Å²) >= 11 is 0. The Balaban J connectivity index is 0.000000722. The maximum absolute atomic E-state index is 12.1. The van der Waals surface area contributed by atoms with Gasteiger partial charge in [-0.05, 0) is 17.5 Å². The Kier molecular flexibility index (Phi) is 4.33. The van der Waals surface area contributed by atoms with Crippen LogP contribution in [0, 0.1) is 0 Å². The molecule has 0 aromatic heterocycles. The standard InChI is InChI=1S/C14H10O.2ClH/c15-14-12-7-3-1-5-10(12)9-11-6-2-4-8-13(11)14;;/h1-8H,9H2;2*1H. The Morgan fingerprint density at radius 3 is 1.59 bits per heavy atom. The summed E-state index contributed by atoms with van der Waals surface area (Å²) in [5, 5.41) is 0. The van der Waals surface area contributed by atoms with Crippen LogP contribution in [0.15, 0.2) is 48.5 Å². The van der Waals surface area contributed by atoms with Crippen LogP contribution in [0.1, 0.15) is 27.0 Å². The van der Waals surface area contributed by atoms with Crippen LogP contribution in [0.5, 0.6) is 0 Å². The highest BCUT2D eigenvalue weighted by atomic mass is 35.5. The van der Waals surface area contributed by atoms with Gasteiger partial charge in [-0.15, -0.1) is 24.8 Å². The van der Waals surface area contributed by atoms with E-state index in [2.05, 4.69) is 0 Å². The minimum atomic E-state index is 0. The lowest BCUT2D eigenvalue weighted by molar-refractivity contribution is 0.103. The van der Waals surface area contributed by atoms with Crippen LogP contribution < -0.4 is 0 Å². The molecule has 0 heterocycles. The van der Waals surface area contributed by atoms with Crippen molar-refractivity contribution in [2.75, 3.05) is 0 Å². The van der Waals surface area contributed by atoms with Gasteiger partial charge < -0.3 is 0 Å². The molecular weight excluding hydrogens is 255 g/mol. The number of benzene rings is 2. The van der Waals surface area contributed by atoms with Crippen molar-refractivity contribution in [3.8, 4) is 0 Å². The number of carbonyl (C=O) groups is 1. The lowest BCUT2D eigenvalue weighted by Crippen LogP contribution is -2.14. The maximum Gasteiger partial charge on any atom is 0.193 e. The third-order valence-electron chi connectivity index (χ3n) is 2.90. The Morgan fingerprint density at radius 2 is 1.12 bits per heavy atom. The molecule has 1 aliphatic carbocycles. The lowest BCUT2D eigenvalue weighted by Gasteiger charge is -2.17. The van der Waals surface area contributed by atoms with E-state index >= 15 is 0 Å². The molecule has 3 heteroatoms. The number of fused-ring (bicyclic) bond motifs is 2. The van der Waals surface area contributed by atoms with Crippen LogP contribution in [-0.2, 0) is 6.42 Å². The summed E-state index contributed by atoms with van der Waals surface area (Å²) in [6.07, 6.45) is 0.873. The molecule has 0 amide bonds. The second-order valence-corrected chi connectivity index (χ2v) is 3.82. The van der Waals surface area contributed by atoms with E-state index < -0.39 is 0 Å². The first-order chi connectivity index (χ1) is 7.36. The molecular formula is C14H12Cl2O. The van der Waals surface area contributed by atoms with Gasteiger partial charge in [-0.2, -0.15) is 0 Å². The van der Waals surface area contributed by atoms with E-state index in [1.165, 1.54) is 0 Å². The first-order valence-electron chi connectivity index (χ1n) is 5.07. The zero-order valence-corrected chi connectivity index (χ0v) is 10.7. The molecule has 0 bridgehead atoms. The third-order valence-corrected chi connectivity index (χ3v) is 2.90. The van der Waals surface area contributed by atoms with E-state index in [1.807, 2.05) is 48.5 Å². The minimum Gasteiger partial charge on any atom is -0.289 e. The number of rotatable bonds is 0. The van der Waals surface area contributed by atoms with Crippen molar-refractivity contribution in [3.05, 3.63) is 70.8 Å². The molecule has 2 aromatic carbocycles. The van der Waals surface area contributed by atoms with Gasteiger partial charge in [0.05, 0.1) is 0 Å². The van der Waals surface area contributed by atoms with Crippen LogP contribution in [-0.4, -0.2) is 5.78 Å². The molecule has 0 radical (unpaired) electrons. The van der Waals surface area contributed by atoms with Crippen LogP contribution in [0.4, 0.5) is 0 Å². The Labute approximate surface area is 113 Å². The van der Waals surface area contributed by atoms with E-state index in [1.54, 1.807) is 0 Å². The van der Waals surface area contributed by atoms with Gasteiger partial charge >= 0.3 is 0 Å². The summed E-state index contributed by atoms with van der Waals surface area (Å²) in [6.45, 7) is 0. The average molecular weight is 267 g/mol. The van der Waals surface area contributed by atoms with E-state index in [0.29, 0.717) is 0 Å². The van der Waals surface area contributed by atoms with Gasteiger partial charge in [0.1, 0.15) is 0 Å². The van der Waals surface area contributed by atoms with Crippen LogP contribution in [0.2, 0.25) is 0 Å². The van der Waals surface area contributed by atoms with Crippen molar-refractivity contribution < 1.29 is 4.79 Å². The number of ketones is 1. The first-order valence-corrected chi connectivity index (χ1v) is 5.07. The molecule has 3 rings (SSSR count). The highest BCUT2D eigenvalue weighted by Gasteiger charge is 2.21. The average Bonchev–Trinajstić information content (AvgIpc) is 2.30. The van der Waals surface area contributed by atoms with Gasteiger partial charge in [0.25, 0.3) is 0 Å². The predicted octanol–water partition coefficient (Wildman–Crippen LogP) is 3.67. The molecule has 0 atom stereocenters. The number of carbonyl (C=O) groups excluding carboxylic acids is 1. The van der Waals surface area contributed by atoms with Gasteiger partial charge in [-0.25, -0.2) is 0 Å². The fraction of sp³-hybridized carbons (Fsp3) is 0.0714. The number of hydrogen-bond acceptors (Lipinski definition) is 1. The molecule has 88 valence electrons. The summed E-state index contributed by atoms with van der Waals surface area (Å²) in [7, 11) is 0. The Bertz CT molecular complexity index is 502. The van der Waals surface area contributed by atoms with E-state index in [9.17, 15) is 4.79 Å². The van der Waals surface area contributed by atoms with Crippen LogP contribution >= 0.6 is 24.8 Å². The van der Waals surface area contributed by atoms with Crippen LogP contribution in [0.3, 0.4) is 0 Å². The third kappa shape index (κ3) is 2.21. The molecule has 0 N–H and O–H groups in total. The fourth-order valence-corrected chi connectivity index (χ4v) is 2.14. The zero-order chi connectivity index (χ0) is 10.3. The molecule has 0 aliphatic heterocycles. The molecule has 0 saturated carbocycles. The smallest absolute Gasteiger partial charge is 0.193 e. The van der Waals surface area contributed by atoms with Crippen molar-refractivity contribution >= 4 is 30.6 Å². The van der Waals surface area contributed by atoms with E-state index in [-0.39, 0.29) is 30.6 Å². The van der Waals surface area contributed by atoms with E-state index in [0.717, 1.165) is 28.7 Å². The lowest BCUT2D eigenvalue weighted by atomic mass is 9.85. The van der Waals surface area contributed by atoms with Gasteiger partial charge in [0.2, 0.25) is 0 Å². The summed E-state index contributed by atoms with van der Waals surface area (Å²) in [6, 6.07) is 15.7. The molecule has 2 aromatic rings. The highest BCUT2D eigenvalue weighted by molar-refractivity contribution is 6.12. The summed E-state index contributed by atoms with van der Waals surface area (Å²) in [5.74, 6) is 0.160. The van der Waals surface area contributed by atoms with Crippen molar-refractivity contribution in [2.45, 2.75) is 6.42 Å². The normalized spacial score (nSPS) is 11.6. The molecule has 17 heavy (non-hydrogen) atoms. The predicted molar refractivity (Wildman–Crippen MR) is 73.6 cm³/mol. The second-order valence-electron chi connectivity index (χ2n) is 3.82. The van der Waals surface area contributed by atoms with Crippen molar-refractivity contribution in [1.82, 2.24) is 0 Å². The SMILES string of the molecule is Cl.Cl.O=C1c2ccccc2Cc2ccccc21. The quantitative estimate of drug-likeness (QED) is 0.607. The Hall–Kier alpha value is -1.31. The molecule has 0 unspecified atom stereocenters. The van der Waals surface area contributed by atoms with Gasteiger partial charge in [0.15, 0.2) is 5.78 Å². The van der Waals surface area contributed by atoms with Gasteiger partial charge in [-0.1, -0.05) is 48.5 Å². The van der Waals surface area contributed by atoms with E-state index in [4.69, 9.17) is 0 Å². The maximum atomic E-state index is 12.1. The van der Waals surface area contributed by atoms with Crippen molar-refractivity contribution in [3.63, 3.8) is 0 Å². The second kappa shape index (κ2) is 5.35. The highest BCUT2D eigenvalue weighted by Crippen LogP contribution is 2.26. The topological polar surface area (TPSA) is 17.1 Å². The van der Waals surface area contributed by atoms with Crippen LogP contribution in [0.25, 0.3) is 0 Å². The minimum absolute atomic E-state index is 0. The summed E-state index contributed by atoms with van der Waals surface area (Å²) in [4.78, 5) is 12.1. The first kappa shape index (κ1) is 13.8. The summed E-state index contributed by atoms with van der Waals surface area (Å²) < 4.78 is 0. The van der Waals surface area contributed by atoms with Gasteiger partial charge in [0, 0.05) is 11.1 Å². The number of halogens is 2. The van der Waals surface area contributed by atoms with Crippen molar-refractivity contribution in [2.24, 2.45) is 0 Å². The summed E-state index contributed by atoms with van der Waals surface area (Å²) in [5.41, 5.74) is 4.00. The largest absolute Gasteiger partial charge is 0.289 e. The molecule has 1 nitrogen and oxygen atoms in total. The molecule has 0 fully saturated rings. The Morgan fingerprint density at radius 1 is 0.706 bits per heavy atom. The molecule has 0 saturated heterocycles. The number of hydrogen-bond donors (Lipinski definition) is 0. The van der Waals surface area contributed by atoms with Gasteiger partial charge in [-0.3, -0.25) is 4.79 Å². The fourth-order valence-electron chi connectivity index (χ4n) is 2.14. The monoisotopic (exact) mass is 266 g/mol.